The predicted octanol–water partition coefficient (Wildman–Crippen LogP) is 3.64. The average Bonchev–Trinajstić information content (AvgIpc) is 2.23. The van der Waals surface area contributed by atoms with Crippen molar-refractivity contribution in [1.29, 1.82) is 0 Å². The van der Waals surface area contributed by atoms with Crippen molar-refractivity contribution in [3.05, 3.63) is 0 Å². The van der Waals surface area contributed by atoms with Gasteiger partial charge in [-0.2, -0.15) is 0 Å². The van der Waals surface area contributed by atoms with Crippen molar-refractivity contribution in [2.45, 2.75) is 40.5 Å². The van der Waals surface area contributed by atoms with Crippen molar-refractivity contribution in [2.75, 3.05) is 12.4 Å². The summed E-state index contributed by atoms with van der Waals surface area (Å²) in [7, 11) is -4.92. The van der Waals surface area contributed by atoms with Gasteiger partial charge in [0.15, 0.2) is 0 Å². The van der Waals surface area contributed by atoms with Gasteiger partial charge in [-0.05, 0) is 42.2 Å². The fourth-order valence-corrected chi connectivity index (χ4v) is 11.9. The fourth-order valence-electron chi connectivity index (χ4n) is 1.47. The zero-order chi connectivity index (χ0) is 14.4. The van der Waals surface area contributed by atoms with E-state index < -0.39 is 23.6 Å². The van der Waals surface area contributed by atoms with E-state index in [1.807, 2.05) is 20.8 Å². The molecule has 18 heavy (non-hydrogen) atoms. The van der Waals surface area contributed by atoms with E-state index in [9.17, 15) is 14.4 Å². The van der Waals surface area contributed by atoms with Crippen molar-refractivity contribution in [3.8, 4) is 0 Å². The van der Waals surface area contributed by atoms with Gasteiger partial charge in [0, 0.05) is 0 Å². The molecule has 0 aromatic carbocycles. The van der Waals surface area contributed by atoms with Crippen LogP contribution in [0.3, 0.4) is 0 Å². The van der Waals surface area contributed by atoms with Crippen LogP contribution in [-0.2, 0) is 25.2 Å². The zero-order valence-corrected chi connectivity index (χ0v) is 14.6. The van der Waals surface area contributed by atoms with Crippen LogP contribution in [0.25, 0.3) is 0 Å². The first-order valence-electron chi connectivity index (χ1n) is 5.81. The molecule has 110 valence electrons. The molecular formula is C9H22O5P2S2. The molecule has 0 rings (SSSR count). The first-order valence-corrected chi connectivity index (χ1v) is 12.0. The highest BCUT2D eigenvalue weighted by atomic mass is 32.9. The van der Waals surface area contributed by atoms with Gasteiger partial charge in [-0.1, -0.05) is 20.8 Å². The molecule has 0 fully saturated rings. The lowest BCUT2D eigenvalue weighted by Gasteiger charge is -2.24. The molecule has 5 nitrogen and oxygen atoms in total. The van der Waals surface area contributed by atoms with E-state index in [-0.39, 0.29) is 6.61 Å². The van der Waals surface area contributed by atoms with E-state index in [1.54, 1.807) is 6.92 Å². The van der Waals surface area contributed by atoms with Crippen LogP contribution in [0.2, 0.25) is 0 Å². The smallest absolute Gasteiger partial charge is 0.337 e. The summed E-state index contributed by atoms with van der Waals surface area (Å²) >= 11 is 5.06. The Balaban J connectivity index is 5.30. The summed E-state index contributed by atoms with van der Waals surface area (Å²) in [5.74, 6) is 0.608. The lowest BCUT2D eigenvalue weighted by atomic mass is 10.3. The molecule has 0 radical (unpaired) electrons. The van der Waals surface area contributed by atoms with Crippen LogP contribution < -0.4 is 0 Å². The second-order valence-corrected chi connectivity index (χ2v) is 13.0. The summed E-state index contributed by atoms with van der Waals surface area (Å²) in [6, 6.07) is 0. The van der Waals surface area contributed by atoms with Crippen LogP contribution in [0.1, 0.15) is 40.5 Å². The van der Waals surface area contributed by atoms with Crippen LogP contribution in [-0.4, -0.2) is 27.0 Å². The van der Waals surface area contributed by atoms with Gasteiger partial charge in [-0.15, -0.1) is 10.1 Å². The third-order valence-corrected chi connectivity index (χ3v) is 12.8. The minimum Gasteiger partial charge on any atom is -0.337 e. The summed E-state index contributed by atoms with van der Waals surface area (Å²) < 4.78 is 21.0. The first kappa shape index (κ1) is 18.9. The van der Waals surface area contributed by atoms with Gasteiger partial charge >= 0.3 is 7.82 Å². The quantitative estimate of drug-likeness (QED) is 0.521. The molecule has 0 aromatic rings. The average molecular weight is 336 g/mol. The molecule has 0 aromatic heterocycles. The van der Waals surface area contributed by atoms with E-state index in [2.05, 4.69) is 4.52 Å². The second kappa shape index (κ2) is 8.28. The number of hydrogen-bond acceptors (Lipinski definition) is 4. The predicted molar refractivity (Wildman–Crippen MR) is 82.8 cm³/mol. The SMILES string of the molecule is CCOP(=O)(O)OP(O)(=S)S(CC)=C(CC)CC. The van der Waals surface area contributed by atoms with Gasteiger partial charge in [-0.25, -0.2) is 8.88 Å². The van der Waals surface area contributed by atoms with Crippen LogP contribution in [0.15, 0.2) is 0 Å². The molecule has 0 aliphatic rings. The molecule has 0 aliphatic heterocycles. The Labute approximate surface area is 116 Å². The van der Waals surface area contributed by atoms with Gasteiger partial charge in [0.25, 0.3) is 0 Å². The molecule has 0 saturated carbocycles. The molecule has 0 bridgehead atoms. The van der Waals surface area contributed by atoms with E-state index in [1.165, 1.54) is 0 Å². The summed E-state index contributed by atoms with van der Waals surface area (Å²) in [6.45, 7) is 7.44. The van der Waals surface area contributed by atoms with E-state index in [4.69, 9.17) is 16.1 Å². The molecular weight excluding hydrogens is 314 g/mol. The largest absolute Gasteiger partial charge is 0.478 e. The fraction of sp³-hybridized carbons (Fsp3) is 0.889. The Bertz CT molecular complexity index is 390. The van der Waals surface area contributed by atoms with Gasteiger partial charge < -0.3 is 9.79 Å². The minimum absolute atomic E-state index is 0.0289. The van der Waals surface area contributed by atoms with Crippen LogP contribution in [0.4, 0.5) is 0 Å². The van der Waals surface area contributed by atoms with Crippen LogP contribution in [0.5, 0.6) is 0 Å². The molecule has 9 heteroatoms. The third-order valence-electron chi connectivity index (χ3n) is 2.17. The van der Waals surface area contributed by atoms with E-state index in [0.29, 0.717) is 5.75 Å². The molecule has 2 N–H and O–H groups in total. The zero-order valence-electron chi connectivity index (χ0n) is 11.2. The highest BCUT2D eigenvalue weighted by Crippen LogP contribution is 2.70. The molecule has 3 unspecified atom stereocenters. The molecule has 3 atom stereocenters. The molecule has 0 aliphatic carbocycles. The maximum absolute atomic E-state index is 11.6. The van der Waals surface area contributed by atoms with Crippen molar-refractivity contribution >= 4 is 40.3 Å². The van der Waals surface area contributed by atoms with E-state index in [0.717, 1.165) is 17.7 Å². The minimum atomic E-state index is -4.25. The Morgan fingerprint density at radius 3 is 2.06 bits per heavy atom. The van der Waals surface area contributed by atoms with Crippen LogP contribution in [0, 0.1) is 0 Å². The highest BCUT2D eigenvalue weighted by Gasteiger charge is 2.32. The van der Waals surface area contributed by atoms with Crippen molar-refractivity contribution in [2.24, 2.45) is 0 Å². The van der Waals surface area contributed by atoms with Crippen molar-refractivity contribution in [3.63, 3.8) is 0 Å². The number of rotatable bonds is 8. The molecule has 0 amide bonds. The lowest BCUT2D eigenvalue weighted by molar-refractivity contribution is 0.215. The highest BCUT2D eigenvalue weighted by molar-refractivity contribution is 8.75. The molecule has 0 heterocycles. The maximum atomic E-state index is 11.6. The topological polar surface area (TPSA) is 76.0 Å². The second-order valence-electron chi connectivity index (χ2n) is 3.34. The summed E-state index contributed by atoms with van der Waals surface area (Å²) in [6.07, 6.45) is 1.56. The lowest BCUT2D eigenvalue weighted by Crippen LogP contribution is -1.99. The van der Waals surface area contributed by atoms with Crippen LogP contribution >= 0.6 is 23.6 Å². The summed E-state index contributed by atoms with van der Waals surface area (Å²) in [5, 5.41) is 0. The van der Waals surface area contributed by atoms with Gasteiger partial charge in [-0.3, -0.25) is 4.52 Å². The Hall–Kier alpha value is 0.940. The molecule has 0 saturated heterocycles. The maximum Gasteiger partial charge on any atom is 0.478 e. The Kier molecular flexibility index (Phi) is 8.71. The standard InChI is InChI=1S/C9H22O5P2S2/c1-5-9(6-2)18(8-4)16(12,17)14-15(10,11)13-7-3/h5-8H2,1-4H3,(H,10,11)(H,12,17). The summed E-state index contributed by atoms with van der Waals surface area (Å²) in [4.78, 5) is 20.8. The normalized spacial score (nSPS) is 19.9. The number of hydrogen-bond donors (Lipinski definition) is 2. The summed E-state index contributed by atoms with van der Waals surface area (Å²) in [5.41, 5.74) is -3.36. The number of phosphoric ester groups is 1. The van der Waals surface area contributed by atoms with E-state index >= 15 is 0 Å². The van der Waals surface area contributed by atoms with Gasteiger partial charge in [0.2, 0.25) is 5.69 Å². The number of phosphoric acid groups is 1. The molecule has 0 spiro atoms. The Morgan fingerprint density at radius 2 is 1.72 bits per heavy atom. The van der Waals surface area contributed by atoms with Crippen molar-refractivity contribution < 1.29 is 23.2 Å². The first-order chi connectivity index (χ1) is 8.24. The third kappa shape index (κ3) is 5.93. The van der Waals surface area contributed by atoms with Crippen molar-refractivity contribution in [1.82, 2.24) is 0 Å². The monoisotopic (exact) mass is 336 g/mol. The van der Waals surface area contributed by atoms with Gasteiger partial charge in [0.1, 0.15) is 0 Å². The van der Waals surface area contributed by atoms with Gasteiger partial charge in [0.05, 0.1) is 6.61 Å². The Morgan fingerprint density at radius 1 is 1.22 bits per heavy atom.